The summed E-state index contributed by atoms with van der Waals surface area (Å²) in [6.07, 6.45) is -0.410. The molecule has 0 aliphatic heterocycles. The second-order valence-corrected chi connectivity index (χ2v) is 9.20. The maximum Gasteiger partial charge on any atom is 0.407 e. The molecule has 184 valence electrons. The molecule has 1 heterocycles. The lowest BCUT2D eigenvalue weighted by molar-refractivity contribution is -0.121. The van der Waals surface area contributed by atoms with Crippen LogP contribution < -0.4 is 16.0 Å². The Balaban J connectivity index is 1.47. The second-order valence-electron chi connectivity index (χ2n) is 9.20. The highest BCUT2D eigenvalue weighted by molar-refractivity contribution is 6.05. The molecule has 0 bridgehead atoms. The number of alkyl carbamates (subject to hydrolysis) is 1. The molecule has 3 aromatic rings. The lowest BCUT2D eigenvalue weighted by atomic mass is 10.1. The van der Waals surface area contributed by atoms with Crippen molar-refractivity contribution >= 4 is 34.6 Å². The first-order chi connectivity index (χ1) is 16.5. The Kier molecular flexibility index (Phi) is 8.01. The molecule has 35 heavy (non-hydrogen) atoms. The summed E-state index contributed by atoms with van der Waals surface area (Å²) in [5, 5.41) is 8.22. The van der Waals surface area contributed by atoms with E-state index in [-0.39, 0.29) is 24.8 Å². The van der Waals surface area contributed by atoms with Crippen LogP contribution in [0.1, 0.15) is 54.5 Å². The number of benzene rings is 2. The van der Waals surface area contributed by atoms with Crippen molar-refractivity contribution in [1.82, 2.24) is 20.6 Å². The number of ether oxygens (including phenoxy) is 1. The number of rotatable bonds is 7. The first-order valence-corrected chi connectivity index (χ1v) is 11.4. The van der Waals surface area contributed by atoms with E-state index < -0.39 is 11.7 Å². The van der Waals surface area contributed by atoms with Gasteiger partial charge in [0.1, 0.15) is 5.60 Å². The van der Waals surface area contributed by atoms with E-state index in [0.29, 0.717) is 23.3 Å². The molecule has 0 fully saturated rings. The standard InChI is InChI=1S/C26H31N5O4/c1-16-17(2)30-22-14-19(8-11-21(22)29-16)24(33)31-20-9-6-18(7-10-20)15-28-23(32)12-13-27-25(34)35-26(3,4)5/h6-11,14H,12-13,15H2,1-5H3,(H,27,34)(H,28,32)(H,31,33). The normalized spacial score (nSPS) is 11.1. The van der Waals surface area contributed by atoms with E-state index in [9.17, 15) is 14.4 Å². The van der Waals surface area contributed by atoms with Gasteiger partial charge in [-0.25, -0.2) is 14.8 Å². The van der Waals surface area contributed by atoms with E-state index in [0.717, 1.165) is 22.5 Å². The molecule has 9 heteroatoms. The van der Waals surface area contributed by atoms with Crippen molar-refractivity contribution in [3.05, 3.63) is 65.0 Å². The van der Waals surface area contributed by atoms with Gasteiger partial charge in [0.05, 0.1) is 22.4 Å². The summed E-state index contributed by atoms with van der Waals surface area (Å²) >= 11 is 0. The van der Waals surface area contributed by atoms with Gasteiger partial charge in [0.15, 0.2) is 0 Å². The first kappa shape index (κ1) is 25.6. The Labute approximate surface area is 204 Å². The average molecular weight is 478 g/mol. The topological polar surface area (TPSA) is 122 Å². The number of fused-ring (bicyclic) bond motifs is 1. The third-order valence-corrected chi connectivity index (χ3v) is 5.06. The summed E-state index contributed by atoms with van der Waals surface area (Å²) in [6.45, 7) is 9.63. The Bertz CT molecular complexity index is 1230. The van der Waals surface area contributed by atoms with Gasteiger partial charge in [0.25, 0.3) is 5.91 Å². The van der Waals surface area contributed by atoms with Crippen molar-refractivity contribution < 1.29 is 19.1 Å². The van der Waals surface area contributed by atoms with E-state index in [1.165, 1.54) is 0 Å². The monoisotopic (exact) mass is 477 g/mol. The molecule has 3 N–H and O–H groups in total. The summed E-state index contributed by atoms with van der Waals surface area (Å²) in [7, 11) is 0. The number of carbonyl (C=O) groups is 3. The van der Waals surface area contributed by atoms with Crippen LogP contribution in [-0.2, 0) is 16.1 Å². The summed E-state index contributed by atoms with van der Waals surface area (Å²) in [4.78, 5) is 45.3. The van der Waals surface area contributed by atoms with Gasteiger partial charge in [-0.05, 0) is 70.5 Å². The molecule has 0 saturated carbocycles. The van der Waals surface area contributed by atoms with E-state index in [1.807, 2.05) is 26.0 Å². The van der Waals surface area contributed by atoms with Crippen LogP contribution >= 0.6 is 0 Å². The van der Waals surface area contributed by atoms with E-state index in [1.54, 1.807) is 51.1 Å². The minimum absolute atomic E-state index is 0.141. The quantitative estimate of drug-likeness (QED) is 0.472. The van der Waals surface area contributed by atoms with Gasteiger partial charge in [-0.2, -0.15) is 0 Å². The SMILES string of the molecule is Cc1nc2ccc(C(=O)Nc3ccc(CNC(=O)CCNC(=O)OC(C)(C)C)cc3)cc2nc1C. The van der Waals surface area contributed by atoms with Gasteiger partial charge in [0, 0.05) is 30.8 Å². The third kappa shape index (κ3) is 7.77. The number of carbonyl (C=O) groups excluding carboxylic acids is 3. The number of nitrogens with one attached hydrogen (secondary N) is 3. The van der Waals surface area contributed by atoms with Gasteiger partial charge in [-0.1, -0.05) is 12.1 Å². The smallest absolute Gasteiger partial charge is 0.407 e. The predicted octanol–water partition coefficient (Wildman–Crippen LogP) is 4.03. The summed E-state index contributed by atoms with van der Waals surface area (Å²) in [5.74, 6) is -0.436. The fourth-order valence-corrected chi connectivity index (χ4v) is 3.16. The minimum Gasteiger partial charge on any atom is -0.444 e. The van der Waals surface area contributed by atoms with Crippen molar-refractivity contribution in [2.24, 2.45) is 0 Å². The van der Waals surface area contributed by atoms with Gasteiger partial charge in [-0.15, -0.1) is 0 Å². The lowest BCUT2D eigenvalue weighted by Gasteiger charge is -2.19. The van der Waals surface area contributed by atoms with E-state index >= 15 is 0 Å². The van der Waals surface area contributed by atoms with Crippen LogP contribution in [0.3, 0.4) is 0 Å². The molecule has 0 radical (unpaired) electrons. The highest BCUT2D eigenvalue weighted by atomic mass is 16.6. The van der Waals surface area contributed by atoms with Crippen LogP contribution in [0.2, 0.25) is 0 Å². The van der Waals surface area contributed by atoms with Crippen LogP contribution in [0.4, 0.5) is 10.5 Å². The van der Waals surface area contributed by atoms with E-state index in [4.69, 9.17) is 4.74 Å². The van der Waals surface area contributed by atoms with Crippen molar-refractivity contribution in [3.63, 3.8) is 0 Å². The van der Waals surface area contributed by atoms with Crippen LogP contribution in [0.5, 0.6) is 0 Å². The summed E-state index contributed by atoms with van der Waals surface area (Å²) in [6, 6.07) is 12.4. The molecule has 3 rings (SSSR count). The fourth-order valence-electron chi connectivity index (χ4n) is 3.16. The number of aromatic nitrogens is 2. The Morgan fingerprint density at radius 1 is 0.886 bits per heavy atom. The Morgan fingerprint density at radius 2 is 1.54 bits per heavy atom. The Hall–Kier alpha value is -4.01. The van der Waals surface area contributed by atoms with Crippen molar-refractivity contribution in [2.75, 3.05) is 11.9 Å². The van der Waals surface area contributed by atoms with Crippen molar-refractivity contribution in [2.45, 2.75) is 53.2 Å². The Morgan fingerprint density at radius 3 is 2.20 bits per heavy atom. The molecule has 1 aromatic heterocycles. The highest BCUT2D eigenvalue weighted by Gasteiger charge is 2.16. The third-order valence-electron chi connectivity index (χ3n) is 5.06. The molecule has 2 aromatic carbocycles. The molecule has 0 aliphatic carbocycles. The predicted molar refractivity (Wildman–Crippen MR) is 134 cm³/mol. The minimum atomic E-state index is -0.583. The van der Waals surface area contributed by atoms with Gasteiger partial charge in [0.2, 0.25) is 5.91 Å². The number of hydrogen-bond donors (Lipinski definition) is 3. The second kappa shape index (κ2) is 10.9. The molecular weight excluding hydrogens is 446 g/mol. The van der Waals surface area contributed by atoms with Gasteiger partial charge in [-0.3, -0.25) is 9.59 Å². The lowest BCUT2D eigenvalue weighted by Crippen LogP contribution is -2.35. The number of hydrogen-bond acceptors (Lipinski definition) is 6. The highest BCUT2D eigenvalue weighted by Crippen LogP contribution is 2.17. The molecular formula is C26H31N5O4. The zero-order chi connectivity index (χ0) is 25.6. The molecule has 0 aliphatic rings. The van der Waals surface area contributed by atoms with Gasteiger partial charge < -0.3 is 20.7 Å². The molecule has 3 amide bonds. The zero-order valence-electron chi connectivity index (χ0n) is 20.7. The fraction of sp³-hybridized carbons (Fsp3) is 0.346. The number of amides is 3. The number of nitrogens with zero attached hydrogens (tertiary/aromatic N) is 2. The summed E-state index contributed by atoms with van der Waals surface area (Å²) in [5.41, 5.74) is 4.54. The van der Waals surface area contributed by atoms with Crippen molar-refractivity contribution in [3.8, 4) is 0 Å². The van der Waals surface area contributed by atoms with Crippen LogP contribution in [-0.4, -0.2) is 40.0 Å². The molecule has 0 atom stereocenters. The molecule has 9 nitrogen and oxygen atoms in total. The van der Waals surface area contributed by atoms with Crippen molar-refractivity contribution in [1.29, 1.82) is 0 Å². The number of anilines is 1. The zero-order valence-corrected chi connectivity index (χ0v) is 20.7. The average Bonchev–Trinajstić information content (AvgIpc) is 2.78. The van der Waals surface area contributed by atoms with E-state index in [2.05, 4.69) is 25.9 Å². The van der Waals surface area contributed by atoms with Crippen LogP contribution in [0, 0.1) is 13.8 Å². The van der Waals surface area contributed by atoms with Gasteiger partial charge >= 0.3 is 6.09 Å². The molecule has 0 spiro atoms. The largest absolute Gasteiger partial charge is 0.444 e. The van der Waals surface area contributed by atoms with Crippen LogP contribution in [0.25, 0.3) is 11.0 Å². The van der Waals surface area contributed by atoms with Crippen LogP contribution in [0.15, 0.2) is 42.5 Å². The molecule has 0 saturated heterocycles. The number of aryl methyl sites for hydroxylation is 2. The first-order valence-electron chi connectivity index (χ1n) is 11.4. The summed E-state index contributed by atoms with van der Waals surface area (Å²) < 4.78 is 5.13. The molecule has 0 unspecified atom stereocenters. The maximum absolute atomic E-state index is 12.7. The maximum atomic E-state index is 12.7.